The van der Waals surface area contributed by atoms with Crippen LogP contribution in [0.1, 0.15) is 36.5 Å². The molecular weight excluding hydrogens is 526 g/mol. The van der Waals surface area contributed by atoms with Gasteiger partial charge >= 0.3 is 0 Å². The van der Waals surface area contributed by atoms with Crippen LogP contribution in [0.25, 0.3) is 0 Å². The molecule has 0 bridgehead atoms. The maximum Gasteiger partial charge on any atom is 0.244 e. The number of ether oxygens (including phenoxy) is 1. The van der Waals surface area contributed by atoms with Crippen LogP contribution in [0.4, 0.5) is 5.69 Å². The van der Waals surface area contributed by atoms with Crippen LogP contribution in [0.5, 0.6) is 5.75 Å². The summed E-state index contributed by atoms with van der Waals surface area (Å²) in [7, 11) is -2.43. The molecule has 0 heterocycles. The van der Waals surface area contributed by atoms with Gasteiger partial charge in [0.2, 0.25) is 21.8 Å². The second-order valence-corrected chi connectivity index (χ2v) is 11.7. The summed E-state index contributed by atoms with van der Waals surface area (Å²) in [5.41, 5.74) is 3.05. The number of hydrogen-bond acceptors (Lipinski definition) is 5. The highest BCUT2D eigenvalue weighted by Crippen LogP contribution is 2.30. The average Bonchev–Trinajstić information content (AvgIpc) is 2.94. The van der Waals surface area contributed by atoms with Crippen molar-refractivity contribution in [3.63, 3.8) is 0 Å². The Hall–Kier alpha value is -3.85. The zero-order valence-electron chi connectivity index (χ0n) is 23.7. The fraction of sp³-hybridized carbons (Fsp3) is 0.355. The van der Waals surface area contributed by atoms with Crippen LogP contribution < -0.4 is 14.4 Å². The number of para-hydroxylation sites is 2. The van der Waals surface area contributed by atoms with Gasteiger partial charge in [0, 0.05) is 19.5 Å². The topological polar surface area (TPSA) is 96.0 Å². The summed E-state index contributed by atoms with van der Waals surface area (Å²) in [4.78, 5) is 29.2. The quantitative estimate of drug-likeness (QED) is 0.294. The molecule has 0 aromatic heterocycles. The molecule has 0 radical (unpaired) electrons. The lowest BCUT2D eigenvalue weighted by atomic mass is 10.0. The van der Waals surface area contributed by atoms with Crippen molar-refractivity contribution in [3.05, 3.63) is 95.6 Å². The maximum absolute atomic E-state index is 14.1. The number of anilines is 1. The number of amides is 2. The van der Waals surface area contributed by atoms with Crippen LogP contribution in [0.2, 0.25) is 0 Å². The Labute approximate surface area is 238 Å². The van der Waals surface area contributed by atoms with Gasteiger partial charge in [-0.05, 0) is 36.6 Å². The molecule has 0 fully saturated rings. The van der Waals surface area contributed by atoms with Crippen molar-refractivity contribution in [2.45, 2.75) is 45.7 Å². The largest absolute Gasteiger partial charge is 0.495 e. The lowest BCUT2D eigenvalue weighted by molar-refractivity contribution is -0.140. The van der Waals surface area contributed by atoms with E-state index in [-0.39, 0.29) is 24.6 Å². The van der Waals surface area contributed by atoms with E-state index in [4.69, 9.17) is 4.74 Å². The standard InChI is InChI=1S/C31H39N3O5S/c1-5-6-20-32-31(36)28(21-25-12-8-7-9-13-25)33(22-26-18-16-24(2)17-19-26)30(35)23-34(40(4,37)38)27-14-10-11-15-29(27)39-3/h7-19,28H,5-6,20-23H2,1-4H3,(H,32,36). The highest BCUT2D eigenvalue weighted by atomic mass is 32.2. The Morgan fingerprint density at radius 1 is 0.925 bits per heavy atom. The monoisotopic (exact) mass is 565 g/mol. The molecule has 1 unspecified atom stereocenters. The van der Waals surface area contributed by atoms with Gasteiger partial charge in [0.05, 0.1) is 19.1 Å². The highest BCUT2D eigenvalue weighted by Gasteiger charge is 2.33. The van der Waals surface area contributed by atoms with Gasteiger partial charge in [0.1, 0.15) is 18.3 Å². The van der Waals surface area contributed by atoms with Crippen LogP contribution in [-0.2, 0) is 32.6 Å². The van der Waals surface area contributed by atoms with Gasteiger partial charge in [-0.3, -0.25) is 13.9 Å². The normalized spacial score (nSPS) is 11.9. The number of methoxy groups -OCH3 is 1. The molecule has 8 nitrogen and oxygen atoms in total. The molecule has 40 heavy (non-hydrogen) atoms. The predicted octanol–water partition coefficient (Wildman–Crippen LogP) is 4.33. The summed E-state index contributed by atoms with van der Waals surface area (Å²) in [6, 6.07) is 23.0. The fourth-order valence-corrected chi connectivity index (χ4v) is 5.23. The number of sulfonamides is 1. The molecule has 3 rings (SSSR count). The van der Waals surface area contributed by atoms with Crippen molar-refractivity contribution in [1.82, 2.24) is 10.2 Å². The van der Waals surface area contributed by atoms with Gasteiger partial charge in [-0.2, -0.15) is 0 Å². The smallest absolute Gasteiger partial charge is 0.244 e. The Bertz CT molecular complexity index is 1360. The molecule has 1 atom stereocenters. The van der Waals surface area contributed by atoms with E-state index in [9.17, 15) is 18.0 Å². The van der Waals surface area contributed by atoms with Crippen LogP contribution >= 0.6 is 0 Å². The number of carbonyl (C=O) groups excluding carboxylic acids is 2. The number of unbranched alkanes of at least 4 members (excludes halogenated alkanes) is 1. The summed E-state index contributed by atoms with van der Waals surface area (Å²) in [6.07, 6.45) is 3.06. The van der Waals surface area contributed by atoms with Crippen molar-refractivity contribution in [3.8, 4) is 5.75 Å². The van der Waals surface area contributed by atoms with E-state index in [1.807, 2.05) is 68.4 Å². The van der Waals surface area contributed by atoms with Gasteiger partial charge in [-0.1, -0.05) is 85.6 Å². The molecule has 0 aliphatic heterocycles. The minimum atomic E-state index is -3.87. The SMILES string of the molecule is CCCCNC(=O)C(Cc1ccccc1)N(Cc1ccc(C)cc1)C(=O)CN(c1ccccc1OC)S(C)(=O)=O. The van der Waals surface area contributed by atoms with E-state index in [0.29, 0.717) is 12.3 Å². The number of nitrogens with one attached hydrogen (secondary N) is 1. The molecule has 1 N–H and O–H groups in total. The second kappa shape index (κ2) is 14.5. The predicted molar refractivity (Wildman–Crippen MR) is 159 cm³/mol. The minimum Gasteiger partial charge on any atom is -0.495 e. The first-order valence-electron chi connectivity index (χ1n) is 13.4. The molecule has 0 aliphatic carbocycles. The van der Waals surface area contributed by atoms with E-state index in [2.05, 4.69) is 5.32 Å². The Kier molecular flexibility index (Phi) is 11.1. The lowest BCUT2D eigenvalue weighted by Gasteiger charge is -2.33. The number of rotatable bonds is 14. The van der Waals surface area contributed by atoms with E-state index >= 15 is 0 Å². The van der Waals surface area contributed by atoms with Crippen LogP contribution in [-0.4, -0.2) is 57.6 Å². The third-order valence-electron chi connectivity index (χ3n) is 6.61. The molecule has 2 amide bonds. The van der Waals surface area contributed by atoms with Crippen LogP contribution in [0, 0.1) is 6.92 Å². The van der Waals surface area contributed by atoms with Gasteiger partial charge in [-0.15, -0.1) is 0 Å². The molecule has 3 aromatic rings. The van der Waals surface area contributed by atoms with E-state index in [1.54, 1.807) is 24.3 Å². The fourth-order valence-electron chi connectivity index (χ4n) is 4.38. The van der Waals surface area contributed by atoms with Crippen molar-refractivity contribution in [2.24, 2.45) is 0 Å². The van der Waals surface area contributed by atoms with E-state index in [0.717, 1.165) is 40.1 Å². The summed E-state index contributed by atoms with van der Waals surface area (Å²) < 4.78 is 32.3. The number of nitrogens with zero attached hydrogens (tertiary/aromatic N) is 2. The van der Waals surface area contributed by atoms with Crippen LogP contribution in [0.3, 0.4) is 0 Å². The van der Waals surface area contributed by atoms with Gasteiger partial charge in [-0.25, -0.2) is 8.42 Å². The lowest BCUT2D eigenvalue weighted by Crippen LogP contribution is -2.53. The molecule has 3 aromatic carbocycles. The summed E-state index contributed by atoms with van der Waals surface area (Å²) in [5.74, 6) is -0.451. The number of hydrogen-bond donors (Lipinski definition) is 1. The zero-order valence-corrected chi connectivity index (χ0v) is 24.5. The molecule has 0 saturated heterocycles. The minimum absolute atomic E-state index is 0.140. The molecule has 0 aliphatic rings. The first kappa shape index (κ1) is 30.7. The van der Waals surface area contributed by atoms with Gasteiger partial charge < -0.3 is 15.0 Å². The Morgan fingerprint density at radius 2 is 1.57 bits per heavy atom. The first-order valence-corrected chi connectivity index (χ1v) is 15.3. The highest BCUT2D eigenvalue weighted by molar-refractivity contribution is 7.92. The third kappa shape index (κ3) is 8.58. The number of aryl methyl sites for hydroxylation is 1. The van der Waals surface area contributed by atoms with Crippen molar-refractivity contribution in [2.75, 3.05) is 30.8 Å². The average molecular weight is 566 g/mol. The molecule has 0 spiro atoms. The second-order valence-electron chi connectivity index (χ2n) is 9.80. The zero-order chi connectivity index (χ0) is 29.1. The van der Waals surface area contributed by atoms with E-state index in [1.165, 1.54) is 12.0 Å². The third-order valence-corrected chi connectivity index (χ3v) is 7.73. The van der Waals surface area contributed by atoms with Gasteiger partial charge in [0.25, 0.3) is 0 Å². The van der Waals surface area contributed by atoms with Crippen molar-refractivity contribution < 1.29 is 22.7 Å². The van der Waals surface area contributed by atoms with Gasteiger partial charge in [0.15, 0.2) is 0 Å². The summed E-state index contributed by atoms with van der Waals surface area (Å²) in [6.45, 7) is 4.16. The molecule has 214 valence electrons. The Balaban J connectivity index is 2.05. The van der Waals surface area contributed by atoms with Crippen LogP contribution in [0.15, 0.2) is 78.9 Å². The number of benzene rings is 3. The summed E-state index contributed by atoms with van der Waals surface area (Å²) in [5, 5.41) is 2.98. The maximum atomic E-state index is 14.1. The number of carbonyl (C=O) groups is 2. The Morgan fingerprint density at radius 3 is 2.20 bits per heavy atom. The molecular formula is C31H39N3O5S. The molecule has 9 heteroatoms. The van der Waals surface area contributed by atoms with Crippen molar-refractivity contribution in [1.29, 1.82) is 0 Å². The molecule has 0 saturated carbocycles. The summed E-state index contributed by atoms with van der Waals surface area (Å²) >= 11 is 0. The van der Waals surface area contributed by atoms with Crippen molar-refractivity contribution >= 4 is 27.5 Å². The van der Waals surface area contributed by atoms with E-state index < -0.39 is 28.5 Å². The first-order chi connectivity index (χ1) is 19.1.